The maximum atomic E-state index is 5.72. The Kier molecular flexibility index (Phi) is 4.15. The molecule has 0 fully saturated rings. The molecule has 0 unspecified atom stereocenters. The van der Waals surface area contributed by atoms with E-state index in [1.165, 1.54) is 5.56 Å². The Labute approximate surface area is 162 Å². The van der Waals surface area contributed by atoms with E-state index in [-0.39, 0.29) is 19.2 Å². The lowest BCUT2D eigenvalue weighted by Gasteiger charge is -2.16. The second kappa shape index (κ2) is 6.39. The van der Waals surface area contributed by atoms with Crippen LogP contribution < -0.4 is 23.7 Å². The molecule has 0 amide bonds. The molecule has 0 saturated carbocycles. The Hall–Kier alpha value is -2.86. The van der Waals surface area contributed by atoms with Gasteiger partial charge in [-0.15, -0.1) is 12.4 Å². The molecule has 0 bridgehead atoms. The van der Waals surface area contributed by atoms with Gasteiger partial charge in [-0.2, -0.15) is 0 Å². The van der Waals surface area contributed by atoms with Crippen LogP contribution in [0.25, 0.3) is 22.0 Å². The summed E-state index contributed by atoms with van der Waals surface area (Å²) in [6.07, 6.45) is 2.58. The van der Waals surface area contributed by atoms with E-state index >= 15 is 0 Å². The van der Waals surface area contributed by atoms with Gasteiger partial charge in [0, 0.05) is 23.4 Å². The minimum absolute atomic E-state index is 0. The fraction of sp³-hybridized carbons (Fsp3) is 0.250. The number of methoxy groups -OCH3 is 3. The molecule has 7 heteroatoms. The van der Waals surface area contributed by atoms with Crippen LogP contribution in [0.3, 0.4) is 0 Å². The molecule has 6 nitrogen and oxygen atoms in total. The van der Waals surface area contributed by atoms with Crippen LogP contribution >= 0.6 is 12.4 Å². The zero-order valence-corrected chi connectivity index (χ0v) is 15.9. The Balaban J connectivity index is 0.00000180. The molecule has 27 heavy (non-hydrogen) atoms. The van der Waals surface area contributed by atoms with Crippen molar-refractivity contribution in [3.05, 3.63) is 35.5 Å². The number of rotatable bonds is 3. The minimum atomic E-state index is 0. The monoisotopic (exact) mass is 387 g/mol. The van der Waals surface area contributed by atoms with Crippen molar-refractivity contribution < 1.29 is 23.7 Å². The van der Waals surface area contributed by atoms with Crippen LogP contribution in [0.2, 0.25) is 0 Å². The van der Waals surface area contributed by atoms with E-state index in [1.54, 1.807) is 21.3 Å². The van der Waals surface area contributed by atoms with Crippen LogP contribution in [0.15, 0.2) is 24.4 Å². The summed E-state index contributed by atoms with van der Waals surface area (Å²) in [6, 6.07) is 5.96. The second-order valence-electron chi connectivity index (χ2n) is 6.21. The van der Waals surface area contributed by atoms with Gasteiger partial charge in [-0.1, -0.05) is 6.07 Å². The lowest BCUT2D eigenvalue weighted by molar-refractivity contribution is 0.174. The van der Waals surface area contributed by atoms with Gasteiger partial charge >= 0.3 is 0 Å². The summed E-state index contributed by atoms with van der Waals surface area (Å²) in [5.41, 5.74) is 4.18. The van der Waals surface area contributed by atoms with Crippen LogP contribution in [-0.4, -0.2) is 33.1 Å². The van der Waals surface area contributed by atoms with Crippen LogP contribution in [0.5, 0.6) is 28.7 Å². The number of ether oxygens (including phenoxy) is 5. The zero-order chi connectivity index (χ0) is 17.8. The van der Waals surface area contributed by atoms with Crippen LogP contribution in [0.4, 0.5) is 0 Å². The van der Waals surface area contributed by atoms with Crippen LogP contribution in [-0.2, 0) is 6.42 Å². The predicted octanol–water partition coefficient (Wildman–Crippen LogP) is 3.98. The van der Waals surface area contributed by atoms with Gasteiger partial charge in [0.15, 0.2) is 23.0 Å². The quantitative estimate of drug-likeness (QED) is 0.530. The number of fused-ring (bicyclic) bond motifs is 7. The van der Waals surface area contributed by atoms with E-state index in [2.05, 4.69) is 6.07 Å². The lowest BCUT2D eigenvalue weighted by Crippen LogP contribution is -1.98. The second-order valence-corrected chi connectivity index (χ2v) is 6.21. The van der Waals surface area contributed by atoms with E-state index in [1.807, 2.05) is 18.3 Å². The van der Waals surface area contributed by atoms with E-state index in [9.17, 15) is 0 Å². The molecule has 0 saturated heterocycles. The number of hydrogen-bond acceptors (Lipinski definition) is 6. The van der Waals surface area contributed by atoms with E-state index < -0.39 is 0 Å². The van der Waals surface area contributed by atoms with Crippen molar-refractivity contribution >= 4 is 23.2 Å². The van der Waals surface area contributed by atoms with Crippen LogP contribution in [0, 0.1) is 0 Å². The summed E-state index contributed by atoms with van der Waals surface area (Å²) in [5, 5.41) is 1.93. The first-order chi connectivity index (χ1) is 12.8. The van der Waals surface area contributed by atoms with Gasteiger partial charge in [0.1, 0.15) is 0 Å². The Morgan fingerprint density at radius 3 is 2.56 bits per heavy atom. The summed E-state index contributed by atoms with van der Waals surface area (Å²) in [7, 11) is 4.86. The number of nitrogens with zero attached hydrogens (tertiary/aromatic N) is 1. The van der Waals surface area contributed by atoms with Gasteiger partial charge in [-0.3, -0.25) is 4.98 Å². The minimum Gasteiger partial charge on any atom is -0.493 e. The fourth-order valence-corrected chi connectivity index (χ4v) is 3.92. The molecule has 2 aromatic carbocycles. The molecular weight excluding hydrogens is 370 g/mol. The average molecular weight is 388 g/mol. The molecule has 1 aliphatic heterocycles. The van der Waals surface area contributed by atoms with Crippen molar-refractivity contribution in [3.63, 3.8) is 0 Å². The highest BCUT2D eigenvalue weighted by molar-refractivity contribution is 6.01. The first-order valence-electron chi connectivity index (χ1n) is 8.29. The SMILES string of the molecule is COc1cc2cnc3c(c2c(OC)c1OC)Cc1ccc2c(c1-3)OCO2.Cl. The van der Waals surface area contributed by atoms with Gasteiger partial charge in [0.2, 0.25) is 12.5 Å². The van der Waals surface area contributed by atoms with Gasteiger partial charge in [-0.25, -0.2) is 0 Å². The third-order valence-electron chi connectivity index (χ3n) is 5.01. The van der Waals surface area contributed by atoms with Crippen molar-refractivity contribution in [3.8, 4) is 40.0 Å². The third-order valence-corrected chi connectivity index (χ3v) is 5.01. The number of aromatic nitrogens is 1. The number of hydrogen-bond donors (Lipinski definition) is 0. The van der Waals surface area contributed by atoms with Gasteiger partial charge < -0.3 is 23.7 Å². The van der Waals surface area contributed by atoms with Crippen molar-refractivity contribution in [2.24, 2.45) is 0 Å². The molecule has 0 radical (unpaired) electrons. The van der Waals surface area contributed by atoms with E-state index in [4.69, 9.17) is 28.7 Å². The highest BCUT2D eigenvalue weighted by Crippen LogP contribution is 2.52. The third kappa shape index (κ3) is 2.29. The standard InChI is InChI=1S/C20H17NO5.ClH/c1-22-14-7-11-8-21-17-12(15(11)20(24-3)19(14)23-2)6-10-4-5-13-18(16(10)17)26-9-25-13;/h4-5,7-8H,6,9H2,1-3H3;1H. The molecule has 2 aliphatic rings. The Morgan fingerprint density at radius 1 is 1.00 bits per heavy atom. The molecule has 0 spiro atoms. The van der Waals surface area contributed by atoms with Crippen molar-refractivity contribution in [2.75, 3.05) is 28.1 Å². The molecule has 1 aromatic heterocycles. The normalized spacial score (nSPS) is 13.0. The van der Waals surface area contributed by atoms with Crippen LogP contribution in [0.1, 0.15) is 11.1 Å². The molecule has 0 atom stereocenters. The summed E-state index contributed by atoms with van der Waals surface area (Å²) in [5.74, 6) is 3.39. The average Bonchev–Trinajstić information content (AvgIpc) is 3.29. The Morgan fingerprint density at radius 2 is 1.81 bits per heavy atom. The molecule has 3 aromatic rings. The summed E-state index contributed by atoms with van der Waals surface area (Å²) >= 11 is 0. The van der Waals surface area contributed by atoms with Crippen molar-refractivity contribution in [1.82, 2.24) is 4.98 Å². The molecule has 1 aliphatic carbocycles. The predicted molar refractivity (Wildman–Crippen MR) is 103 cm³/mol. The van der Waals surface area contributed by atoms with Crippen molar-refractivity contribution in [2.45, 2.75) is 6.42 Å². The topological polar surface area (TPSA) is 59.0 Å². The first kappa shape index (κ1) is 17.5. The number of benzene rings is 2. The van der Waals surface area contributed by atoms with Gasteiger partial charge in [-0.05, 0) is 23.3 Å². The zero-order valence-electron chi connectivity index (χ0n) is 15.1. The maximum Gasteiger partial charge on any atom is 0.231 e. The molecule has 2 heterocycles. The van der Waals surface area contributed by atoms with Gasteiger partial charge in [0.25, 0.3) is 0 Å². The summed E-state index contributed by atoms with van der Waals surface area (Å²) in [6.45, 7) is 0.239. The molecular formula is C20H18ClNO5. The number of halogens is 1. The Bertz CT molecular complexity index is 1070. The smallest absolute Gasteiger partial charge is 0.231 e. The van der Waals surface area contributed by atoms with E-state index in [0.717, 1.165) is 45.5 Å². The highest BCUT2D eigenvalue weighted by Gasteiger charge is 2.32. The highest BCUT2D eigenvalue weighted by atomic mass is 35.5. The summed E-state index contributed by atoms with van der Waals surface area (Å²) in [4.78, 5) is 4.73. The van der Waals surface area contributed by atoms with Gasteiger partial charge in [0.05, 0.1) is 32.6 Å². The van der Waals surface area contributed by atoms with E-state index in [0.29, 0.717) is 17.2 Å². The first-order valence-corrected chi connectivity index (χ1v) is 8.29. The molecule has 5 rings (SSSR count). The maximum absolute atomic E-state index is 5.72. The molecule has 140 valence electrons. The lowest BCUT2D eigenvalue weighted by atomic mass is 10.0. The molecule has 0 N–H and O–H groups in total. The fourth-order valence-electron chi connectivity index (χ4n) is 3.92. The summed E-state index contributed by atoms with van der Waals surface area (Å²) < 4.78 is 28.0. The largest absolute Gasteiger partial charge is 0.493 e. The number of pyridine rings is 1. The van der Waals surface area contributed by atoms with Crippen molar-refractivity contribution in [1.29, 1.82) is 0 Å².